The maximum Gasteiger partial charge on any atom is 0.234 e. The van der Waals surface area contributed by atoms with Crippen LogP contribution in [0.1, 0.15) is 0 Å². The highest BCUT2D eigenvalue weighted by atomic mass is 31.2. The van der Waals surface area contributed by atoms with E-state index >= 15 is 4.57 Å². The molecule has 1 unspecified atom stereocenters. The van der Waals surface area contributed by atoms with Crippen LogP contribution in [0.2, 0.25) is 0 Å². The zero-order valence-corrected chi connectivity index (χ0v) is 32.0. The maximum atomic E-state index is 15.8. The van der Waals surface area contributed by atoms with Crippen molar-refractivity contribution in [2.45, 2.75) is 0 Å². The zero-order valence-electron chi connectivity index (χ0n) is 31.1. The minimum Gasteiger partial charge on any atom is -0.456 e. The lowest BCUT2D eigenvalue weighted by Crippen LogP contribution is -2.33. The van der Waals surface area contributed by atoms with Gasteiger partial charge >= 0.3 is 0 Å². The molecule has 58 heavy (non-hydrogen) atoms. The third-order valence-corrected chi connectivity index (χ3v) is 13.9. The molecule has 0 spiro atoms. The average Bonchev–Trinajstić information content (AvgIpc) is 3.68. The van der Waals surface area contributed by atoms with Gasteiger partial charge in [0.2, 0.25) is 7.29 Å². The maximum absolute atomic E-state index is 15.8. The fourth-order valence-corrected chi connectivity index (χ4v) is 11.3. The predicted octanol–water partition coefficient (Wildman–Crippen LogP) is 12.5. The first-order valence-electron chi connectivity index (χ1n) is 19.2. The molecule has 0 N–H and O–H groups in total. The molecule has 0 saturated heterocycles. The molecular formula is C51H33N4O2P. The quantitative estimate of drug-likeness (QED) is 0.157. The molecule has 11 rings (SSSR count). The summed E-state index contributed by atoms with van der Waals surface area (Å²) in [6.07, 6.45) is 0. The van der Waals surface area contributed by atoms with Gasteiger partial charge in [0, 0.05) is 49.3 Å². The highest BCUT2D eigenvalue weighted by Gasteiger charge is 2.42. The molecule has 3 heterocycles. The van der Waals surface area contributed by atoms with Gasteiger partial charge in [0.1, 0.15) is 11.2 Å². The third kappa shape index (κ3) is 5.49. The molecule has 0 fully saturated rings. The standard InChI is InChI=1S/C51H33N4O2P/c56-58(39-22-11-4-12-23-39)47-27-14-13-24-41(47)42-32-36(28-30-44(42)55(58)38-20-9-3-10-21-38)40-25-15-26-46-48(40)43-33-37(29-31-45(43)57-46)51-53-49(34-16-5-1-6-17-34)52-50(54-51)35-18-7-2-8-19-35/h1-33H. The van der Waals surface area contributed by atoms with Crippen molar-refractivity contribution in [3.63, 3.8) is 0 Å². The number of rotatable bonds is 6. The van der Waals surface area contributed by atoms with Gasteiger partial charge in [-0.25, -0.2) is 15.0 Å². The van der Waals surface area contributed by atoms with Gasteiger partial charge in [-0.2, -0.15) is 0 Å². The van der Waals surface area contributed by atoms with E-state index in [0.29, 0.717) is 17.5 Å². The van der Waals surface area contributed by atoms with E-state index in [1.165, 1.54) is 0 Å². The third-order valence-electron chi connectivity index (χ3n) is 10.9. The van der Waals surface area contributed by atoms with Crippen LogP contribution >= 0.6 is 7.29 Å². The van der Waals surface area contributed by atoms with Crippen LogP contribution in [0.25, 0.3) is 78.4 Å². The number of hydrogen-bond acceptors (Lipinski definition) is 5. The Bertz CT molecular complexity index is 3150. The van der Waals surface area contributed by atoms with E-state index in [2.05, 4.69) is 41.1 Å². The van der Waals surface area contributed by atoms with Crippen molar-refractivity contribution in [3.8, 4) is 56.4 Å². The van der Waals surface area contributed by atoms with E-state index in [9.17, 15) is 0 Å². The average molecular weight is 765 g/mol. The SMILES string of the molecule is O=P1(c2ccccc2)c2ccccc2-c2cc(-c3cccc4oc5ccc(-c6nc(-c7ccccc7)nc(-c7ccccc7)n6)cc5c34)ccc2N1c1ccccc1. The van der Waals surface area contributed by atoms with E-state index in [-0.39, 0.29) is 0 Å². The van der Waals surface area contributed by atoms with E-state index in [1.54, 1.807) is 0 Å². The second-order valence-electron chi connectivity index (χ2n) is 14.3. The fourth-order valence-electron chi connectivity index (χ4n) is 8.23. The minimum absolute atomic E-state index is 0.579. The van der Waals surface area contributed by atoms with Gasteiger partial charge in [-0.15, -0.1) is 0 Å². The number of benzene rings is 8. The molecule has 8 aromatic carbocycles. The summed E-state index contributed by atoms with van der Waals surface area (Å²) in [4.78, 5) is 14.9. The lowest BCUT2D eigenvalue weighted by molar-refractivity contribution is 0.587. The van der Waals surface area contributed by atoms with Gasteiger partial charge in [0.15, 0.2) is 17.5 Å². The monoisotopic (exact) mass is 764 g/mol. The summed E-state index contributed by atoms with van der Waals surface area (Å²) in [6, 6.07) is 66.9. The highest BCUT2D eigenvalue weighted by Crippen LogP contribution is 2.61. The summed E-state index contributed by atoms with van der Waals surface area (Å²) in [5, 5.41) is 3.56. The van der Waals surface area contributed by atoms with Crippen LogP contribution in [0.3, 0.4) is 0 Å². The Kier molecular flexibility index (Phi) is 7.98. The lowest BCUT2D eigenvalue weighted by atomic mass is 9.94. The van der Waals surface area contributed by atoms with Crippen molar-refractivity contribution in [1.82, 2.24) is 15.0 Å². The van der Waals surface area contributed by atoms with E-state index < -0.39 is 7.29 Å². The van der Waals surface area contributed by atoms with Crippen molar-refractivity contribution >= 4 is 51.2 Å². The van der Waals surface area contributed by atoms with Gasteiger partial charge in [0.05, 0.1) is 5.69 Å². The van der Waals surface area contributed by atoms with Gasteiger partial charge in [0.25, 0.3) is 0 Å². The number of furan rings is 1. The van der Waals surface area contributed by atoms with Crippen molar-refractivity contribution in [2.24, 2.45) is 0 Å². The molecular weight excluding hydrogens is 732 g/mol. The highest BCUT2D eigenvalue weighted by molar-refractivity contribution is 7.80. The number of fused-ring (bicyclic) bond motifs is 6. The smallest absolute Gasteiger partial charge is 0.234 e. The van der Waals surface area contributed by atoms with Crippen LogP contribution in [0.5, 0.6) is 0 Å². The molecule has 0 saturated carbocycles. The topological polar surface area (TPSA) is 72.1 Å². The second kappa shape index (κ2) is 13.7. The first-order chi connectivity index (χ1) is 28.6. The summed E-state index contributed by atoms with van der Waals surface area (Å²) >= 11 is 0. The van der Waals surface area contributed by atoms with Crippen LogP contribution in [-0.2, 0) is 4.57 Å². The second-order valence-corrected chi connectivity index (χ2v) is 16.9. The van der Waals surface area contributed by atoms with Gasteiger partial charge < -0.3 is 4.42 Å². The number of aromatic nitrogens is 3. The molecule has 10 aromatic rings. The van der Waals surface area contributed by atoms with E-state index in [4.69, 9.17) is 19.4 Å². The van der Waals surface area contributed by atoms with Gasteiger partial charge in [-0.05, 0) is 83.4 Å². The van der Waals surface area contributed by atoms with Crippen LogP contribution in [0, 0.1) is 0 Å². The number of nitrogens with zero attached hydrogens (tertiary/aromatic N) is 4. The van der Waals surface area contributed by atoms with E-state index in [1.807, 2.05) is 164 Å². The van der Waals surface area contributed by atoms with Gasteiger partial charge in [-0.1, -0.05) is 133 Å². The van der Waals surface area contributed by atoms with E-state index in [0.717, 1.165) is 82.9 Å². The summed E-state index contributed by atoms with van der Waals surface area (Å²) in [6.45, 7) is 0. The molecule has 1 aliphatic rings. The summed E-state index contributed by atoms with van der Waals surface area (Å²) < 4.78 is 24.4. The zero-order chi connectivity index (χ0) is 38.6. The molecule has 274 valence electrons. The summed E-state index contributed by atoms with van der Waals surface area (Å²) in [5.74, 6) is 1.80. The van der Waals surface area contributed by atoms with Crippen molar-refractivity contribution in [3.05, 3.63) is 200 Å². The molecule has 1 atom stereocenters. The summed E-state index contributed by atoms with van der Waals surface area (Å²) in [7, 11) is -3.35. The first-order valence-corrected chi connectivity index (χ1v) is 20.9. The first kappa shape index (κ1) is 33.9. The Hall–Kier alpha value is -7.40. The molecule has 6 nitrogen and oxygen atoms in total. The number of hydrogen-bond donors (Lipinski definition) is 0. The predicted molar refractivity (Wildman–Crippen MR) is 236 cm³/mol. The molecule has 0 amide bonds. The Morgan fingerprint density at radius 3 is 1.69 bits per heavy atom. The number of anilines is 2. The fraction of sp³-hybridized carbons (Fsp3) is 0. The van der Waals surface area contributed by atoms with Crippen LogP contribution in [0.4, 0.5) is 11.4 Å². The molecule has 2 aromatic heterocycles. The number of para-hydroxylation sites is 1. The largest absolute Gasteiger partial charge is 0.456 e. The Labute approximate surface area is 335 Å². The molecule has 1 aliphatic heterocycles. The van der Waals surface area contributed by atoms with Crippen LogP contribution in [0.15, 0.2) is 205 Å². The van der Waals surface area contributed by atoms with Gasteiger partial charge in [-0.3, -0.25) is 9.24 Å². The molecule has 7 heteroatoms. The van der Waals surface area contributed by atoms with Crippen LogP contribution in [-0.4, -0.2) is 15.0 Å². The Morgan fingerprint density at radius 1 is 0.431 bits per heavy atom. The molecule has 0 aliphatic carbocycles. The lowest BCUT2D eigenvalue weighted by Gasteiger charge is -2.40. The molecule has 0 radical (unpaired) electrons. The van der Waals surface area contributed by atoms with Crippen molar-refractivity contribution < 1.29 is 8.98 Å². The summed E-state index contributed by atoms with van der Waals surface area (Å²) in [5.41, 5.74) is 10.0. The Balaban J connectivity index is 1.10. The Morgan fingerprint density at radius 2 is 1.00 bits per heavy atom. The minimum atomic E-state index is -3.35. The normalized spacial score (nSPS) is 14.7. The van der Waals surface area contributed by atoms with Crippen molar-refractivity contribution in [2.75, 3.05) is 4.67 Å². The van der Waals surface area contributed by atoms with Crippen LogP contribution < -0.4 is 15.3 Å². The molecule has 0 bridgehead atoms. The van der Waals surface area contributed by atoms with Crippen molar-refractivity contribution in [1.29, 1.82) is 0 Å².